The van der Waals surface area contributed by atoms with Crippen LogP contribution in [0.25, 0.3) is 5.76 Å². The molecule has 0 aliphatic rings. The van der Waals surface area contributed by atoms with Gasteiger partial charge < -0.3 is 5.11 Å². The summed E-state index contributed by atoms with van der Waals surface area (Å²) in [4.78, 5) is 11.8. The number of carbonyl (C=O) groups excluding carboxylic acids is 1. The van der Waals surface area contributed by atoms with Crippen molar-refractivity contribution in [2.75, 3.05) is 0 Å². The molecule has 0 aliphatic carbocycles. The van der Waals surface area contributed by atoms with E-state index in [9.17, 15) is 9.90 Å². The van der Waals surface area contributed by atoms with Crippen molar-refractivity contribution in [3.05, 3.63) is 41.0 Å². The van der Waals surface area contributed by atoms with Crippen molar-refractivity contribution in [1.29, 1.82) is 0 Å². The summed E-state index contributed by atoms with van der Waals surface area (Å²) in [6, 6.07) is 7.50. The quantitative estimate of drug-likeness (QED) is 0.622. The average Bonchev–Trinajstić information content (AvgIpc) is 2.26. The lowest BCUT2D eigenvalue weighted by Gasteiger charge is -2.10. The van der Waals surface area contributed by atoms with Crippen LogP contribution in [-0.2, 0) is 4.79 Å². The van der Waals surface area contributed by atoms with Gasteiger partial charge >= 0.3 is 0 Å². The predicted octanol–water partition coefficient (Wildman–Crippen LogP) is 3.51. The van der Waals surface area contributed by atoms with Crippen LogP contribution in [0, 0.1) is 12.8 Å². The molecule has 16 heavy (non-hydrogen) atoms. The summed E-state index contributed by atoms with van der Waals surface area (Å²) in [5, 5.41) is 10.0. The van der Waals surface area contributed by atoms with Gasteiger partial charge in [0, 0.05) is 17.1 Å². The van der Waals surface area contributed by atoms with E-state index in [1.54, 1.807) is 6.92 Å². The third-order valence-corrected chi connectivity index (χ3v) is 2.65. The van der Waals surface area contributed by atoms with Crippen molar-refractivity contribution in [2.24, 2.45) is 5.92 Å². The molecule has 2 nitrogen and oxygen atoms in total. The number of hydrogen-bond acceptors (Lipinski definition) is 2. The number of aliphatic hydroxyl groups is 1. The van der Waals surface area contributed by atoms with Crippen molar-refractivity contribution in [1.82, 2.24) is 0 Å². The topological polar surface area (TPSA) is 37.3 Å². The molecule has 1 aromatic carbocycles. The Hall–Kier alpha value is -1.57. The summed E-state index contributed by atoms with van der Waals surface area (Å²) in [5.74, 6) is -0.0104. The predicted molar refractivity (Wildman–Crippen MR) is 66.2 cm³/mol. The van der Waals surface area contributed by atoms with E-state index < -0.39 is 0 Å². The minimum absolute atomic E-state index is 0.0132. The Morgan fingerprint density at radius 1 is 1.25 bits per heavy atom. The maximum absolute atomic E-state index is 11.8. The molecular weight excluding hydrogens is 200 g/mol. The zero-order chi connectivity index (χ0) is 12.3. The highest BCUT2D eigenvalue weighted by Crippen LogP contribution is 2.21. The number of allylic oxidation sites excluding steroid dienone is 1. The van der Waals surface area contributed by atoms with Crippen molar-refractivity contribution in [2.45, 2.75) is 27.7 Å². The molecule has 1 N–H and O–H groups in total. The van der Waals surface area contributed by atoms with Gasteiger partial charge in [0.15, 0.2) is 5.78 Å². The lowest BCUT2D eigenvalue weighted by molar-refractivity contribution is -0.118. The van der Waals surface area contributed by atoms with Crippen LogP contribution in [0.3, 0.4) is 0 Å². The van der Waals surface area contributed by atoms with Gasteiger partial charge in [0.25, 0.3) is 0 Å². The molecule has 0 heterocycles. The summed E-state index contributed by atoms with van der Waals surface area (Å²) in [6.45, 7) is 7.25. The highest BCUT2D eigenvalue weighted by molar-refractivity contribution is 6.01. The van der Waals surface area contributed by atoms with Gasteiger partial charge in [-0.3, -0.25) is 4.79 Å². The second-order valence-corrected chi connectivity index (χ2v) is 4.31. The van der Waals surface area contributed by atoms with E-state index in [1.807, 2.05) is 45.0 Å². The molecule has 0 saturated heterocycles. The van der Waals surface area contributed by atoms with E-state index in [0.29, 0.717) is 5.57 Å². The SMILES string of the molecule is CC(C(=O)C(C)C)=C(O)c1ccccc1C. The van der Waals surface area contributed by atoms with Crippen LogP contribution in [0.2, 0.25) is 0 Å². The maximum Gasteiger partial charge on any atom is 0.164 e. The summed E-state index contributed by atoms with van der Waals surface area (Å²) < 4.78 is 0. The van der Waals surface area contributed by atoms with Gasteiger partial charge in [0.05, 0.1) is 0 Å². The first kappa shape index (κ1) is 12.5. The first-order valence-corrected chi connectivity index (χ1v) is 5.45. The number of benzene rings is 1. The summed E-state index contributed by atoms with van der Waals surface area (Å²) in [7, 11) is 0. The number of aliphatic hydroxyl groups excluding tert-OH is 1. The van der Waals surface area contributed by atoms with Crippen molar-refractivity contribution in [3.63, 3.8) is 0 Å². The highest BCUT2D eigenvalue weighted by Gasteiger charge is 2.15. The minimum atomic E-state index is -0.0915. The maximum atomic E-state index is 11.8. The molecule has 0 fully saturated rings. The van der Waals surface area contributed by atoms with E-state index in [0.717, 1.165) is 11.1 Å². The Kier molecular flexibility index (Phi) is 3.88. The van der Waals surface area contributed by atoms with E-state index in [-0.39, 0.29) is 17.5 Å². The third-order valence-electron chi connectivity index (χ3n) is 2.65. The Balaban J connectivity index is 3.19. The van der Waals surface area contributed by atoms with Gasteiger partial charge in [-0.1, -0.05) is 38.1 Å². The second-order valence-electron chi connectivity index (χ2n) is 4.31. The van der Waals surface area contributed by atoms with Gasteiger partial charge in [-0.15, -0.1) is 0 Å². The highest BCUT2D eigenvalue weighted by atomic mass is 16.3. The van der Waals surface area contributed by atoms with Crippen LogP contribution >= 0.6 is 0 Å². The molecule has 0 atom stereocenters. The lowest BCUT2D eigenvalue weighted by atomic mass is 9.97. The minimum Gasteiger partial charge on any atom is -0.507 e. The molecule has 0 aliphatic heterocycles. The van der Waals surface area contributed by atoms with E-state index >= 15 is 0 Å². The monoisotopic (exact) mass is 218 g/mol. The molecule has 0 spiro atoms. The third kappa shape index (κ3) is 2.51. The number of aryl methyl sites for hydroxylation is 1. The van der Waals surface area contributed by atoms with E-state index in [4.69, 9.17) is 0 Å². The lowest BCUT2D eigenvalue weighted by Crippen LogP contribution is -2.10. The summed E-state index contributed by atoms with van der Waals surface area (Å²) in [5.41, 5.74) is 2.13. The molecule has 0 unspecified atom stereocenters. The second kappa shape index (κ2) is 4.97. The van der Waals surface area contributed by atoms with Gasteiger partial charge in [-0.05, 0) is 19.4 Å². The Morgan fingerprint density at radius 3 is 2.31 bits per heavy atom. The number of carbonyl (C=O) groups is 1. The van der Waals surface area contributed by atoms with Gasteiger partial charge in [-0.2, -0.15) is 0 Å². The summed E-state index contributed by atoms with van der Waals surface area (Å²) in [6.07, 6.45) is 0. The zero-order valence-electron chi connectivity index (χ0n) is 10.2. The number of hydrogen-bond donors (Lipinski definition) is 1. The Bertz CT molecular complexity index is 428. The van der Waals surface area contributed by atoms with Crippen LogP contribution in [0.15, 0.2) is 29.8 Å². The average molecular weight is 218 g/mol. The van der Waals surface area contributed by atoms with Crippen molar-refractivity contribution < 1.29 is 9.90 Å². The molecule has 86 valence electrons. The standard InChI is InChI=1S/C14H18O2/c1-9(2)13(15)11(4)14(16)12-8-6-5-7-10(12)3/h5-9,16H,1-4H3. The Morgan fingerprint density at radius 2 is 1.81 bits per heavy atom. The first-order chi connectivity index (χ1) is 7.45. The first-order valence-electron chi connectivity index (χ1n) is 5.45. The number of rotatable bonds is 3. The number of Topliss-reactive ketones (excluding diaryl/α,β-unsaturated/α-hetero) is 1. The molecule has 1 aromatic rings. The van der Waals surface area contributed by atoms with Crippen molar-refractivity contribution >= 4 is 11.5 Å². The fourth-order valence-corrected chi connectivity index (χ4v) is 1.59. The van der Waals surface area contributed by atoms with Gasteiger partial charge in [-0.25, -0.2) is 0 Å². The molecular formula is C14H18O2. The van der Waals surface area contributed by atoms with Crippen molar-refractivity contribution in [3.8, 4) is 0 Å². The fourth-order valence-electron chi connectivity index (χ4n) is 1.59. The molecule has 1 rings (SSSR count). The van der Waals surface area contributed by atoms with Crippen LogP contribution in [0.5, 0.6) is 0 Å². The van der Waals surface area contributed by atoms with Crippen LogP contribution < -0.4 is 0 Å². The fraction of sp³-hybridized carbons (Fsp3) is 0.357. The largest absolute Gasteiger partial charge is 0.507 e. The molecule has 0 aromatic heterocycles. The molecule has 0 radical (unpaired) electrons. The zero-order valence-corrected chi connectivity index (χ0v) is 10.2. The molecule has 0 saturated carbocycles. The van der Waals surface area contributed by atoms with Gasteiger partial charge in [0.1, 0.15) is 5.76 Å². The normalized spacial score (nSPS) is 12.6. The van der Waals surface area contributed by atoms with Crippen LogP contribution in [0.4, 0.5) is 0 Å². The van der Waals surface area contributed by atoms with Gasteiger partial charge in [0.2, 0.25) is 0 Å². The molecule has 0 bridgehead atoms. The smallest absolute Gasteiger partial charge is 0.164 e. The van der Waals surface area contributed by atoms with E-state index in [1.165, 1.54) is 0 Å². The van der Waals surface area contributed by atoms with Crippen LogP contribution in [-0.4, -0.2) is 10.9 Å². The Labute approximate surface area is 96.6 Å². The van der Waals surface area contributed by atoms with Crippen LogP contribution in [0.1, 0.15) is 31.9 Å². The molecule has 0 amide bonds. The van der Waals surface area contributed by atoms with E-state index in [2.05, 4.69) is 0 Å². The summed E-state index contributed by atoms with van der Waals surface area (Å²) >= 11 is 0. The molecule has 2 heteroatoms. The number of ketones is 1.